The normalized spacial score (nSPS) is 12.4. The topological polar surface area (TPSA) is 8.17 Å². The molecule has 352 valence electrons. The Bertz CT molecular complexity index is 4100. The average Bonchev–Trinajstić information content (AvgIpc) is 4.09. The van der Waals surface area contributed by atoms with Crippen molar-refractivity contribution in [3.8, 4) is 61.3 Å². The highest BCUT2D eigenvalue weighted by atomic mass is 15.1. The van der Waals surface area contributed by atoms with Gasteiger partial charge in [-0.1, -0.05) is 255 Å². The lowest BCUT2D eigenvalue weighted by Gasteiger charge is -2.35. The lowest BCUT2D eigenvalue weighted by molar-refractivity contribution is 0.768. The van der Waals surface area contributed by atoms with E-state index in [1.54, 1.807) is 0 Å². The van der Waals surface area contributed by atoms with Crippen LogP contribution in [0.25, 0.3) is 83.1 Å². The van der Waals surface area contributed by atoms with Crippen LogP contribution in [-0.2, 0) is 5.41 Å². The Morgan fingerprint density at radius 3 is 1.29 bits per heavy atom. The van der Waals surface area contributed by atoms with Gasteiger partial charge in [0.2, 0.25) is 0 Å². The third-order valence-electron chi connectivity index (χ3n) is 15.5. The molecule has 13 aromatic rings. The van der Waals surface area contributed by atoms with Crippen molar-refractivity contribution < 1.29 is 0 Å². The van der Waals surface area contributed by atoms with Gasteiger partial charge in [0.1, 0.15) is 0 Å². The minimum atomic E-state index is -0.569. The molecule has 1 aliphatic carbocycles. The zero-order chi connectivity index (χ0) is 49.7. The van der Waals surface area contributed by atoms with Crippen molar-refractivity contribution in [3.05, 3.63) is 326 Å². The number of hydrogen-bond acceptors (Lipinski definition) is 1. The zero-order valence-corrected chi connectivity index (χ0v) is 41.3. The van der Waals surface area contributed by atoms with Gasteiger partial charge < -0.3 is 9.47 Å². The molecular formula is C73H50N2. The molecular weight excluding hydrogens is 905 g/mol. The van der Waals surface area contributed by atoms with Gasteiger partial charge in [-0.3, -0.25) is 0 Å². The van der Waals surface area contributed by atoms with Crippen molar-refractivity contribution in [1.29, 1.82) is 0 Å². The Morgan fingerprint density at radius 2 is 0.693 bits per heavy atom. The summed E-state index contributed by atoms with van der Waals surface area (Å²) < 4.78 is 2.38. The molecule has 0 N–H and O–H groups in total. The summed E-state index contributed by atoms with van der Waals surface area (Å²) in [6.45, 7) is 0. The van der Waals surface area contributed by atoms with E-state index < -0.39 is 5.41 Å². The van der Waals surface area contributed by atoms with E-state index in [0.29, 0.717) is 0 Å². The van der Waals surface area contributed by atoms with Gasteiger partial charge in [-0.15, -0.1) is 0 Å². The largest absolute Gasteiger partial charge is 0.309 e. The van der Waals surface area contributed by atoms with Crippen LogP contribution in [0.2, 0.25) is 0 Å². The van der Waals surface area contributed by atoms with Gasteiger partial charge in [-0.05, 0) is 115 Å². The molecule has 0 spiro atoms. The van der Waals surface area contributed by atoms with Crippen LogP contribution in [0, 0.1) is 0 Å². The smallest absolute Gasteiger partial charge is 0.0714 e. The monoisotopic (exact) mass is 954 g/mol. The number of benzene rings is 12. The molecule has 2 nitrogen and oxygen atoms in total. The number of anilines is 3. The first-order chi connectivity index (χ1) is 37.3. The molecule has 14 rings (SSSR count). The van der Waals surface area contributed by atoms with Gasteiger partial charge in [0.05, 0.1) is 27.8 Å². The molecule has 2 heteroatoms. The Kier molecular flexibility index (Phi) is 10.8. The average molecular weight is 955 g/mol. The van der Waals surface area contributed by atoms with Crippen molar-refractivity contribution in [2.24, 2.45) is 0 Å². The lowest BCUT2D eigenvalue weighted by atomic mass is 9.68. The Balaban J connectivity index is 1.00. The number of rotatable bonds is 10. The first kappa shape index (κ1) is 44.0. The molecule has 1 aliphatic rings. The summed E-state index contributed by atoms with van der Waals surface area (Å²) >= 11 is 0. The molecule has 0 atom stereocenters. The van der Waals surface area contributed by atoms with Crippen LogP contribution >= 0.6 is 0 Å². The van der Waals surface area contributed by atoms with E-state index >= 15 is 0 Å². The van der Waals surface area contributed by atoms with Crippen molar-refractivity contribution >= 4 is 38.9 Å². The number of nitrogens with zero attached hydrogens (tertiary/aromatic N) is 2. The van der Waals surface area contributed by atoms with Gasteiger partial charge in [-0.2, -0.15) is 0 Å². The van der Waals surface area contributed by atoms with E-state index in [1.165, 1.54) is 71.9 Å². The maximum Gasteiger partial charge on any atom is 0.0714 e. The molecule has 12 aromatic carbocycles. The summed E-state index contributed by atoms with van der Waals surface area (Å²) in [5, 5.41) is 2.52. The molecule has 0 aliphatic heterocycles. The maximum atomic E-state index is 2.54. The highest BCUT2D eigenvalue weighted by Gasteiger charge is 2.47. The zero-order valence-electron chi connectivity index (χ0n) is 41.3. The van der Waals surface area contributed by atoms with Crippen LogP contribution < -0.4 is 4.90 Å². The van der Waals surface area contributed by atoms with Crippen molar-refractivity contribution in [1.82, 2.24) is 4.57 Å². The fourth-order valence-electron chi connectivity index (χ4n) is 12.3. The molecule has 0 bridgehead atoms. The van der Waals surface area contributed by atoms with E-state index in [1.807, 2.05) is 0 Å². The van der Waals surface area contributed by atoms with Crippen LogP contribution in [0.1, 0.15) is 22.3 Å². The predicted octanol–water partition coefficient (Wildman–Crippen LogP) is 19.3. The summed E-state index contributed by atoms with van der Waals surface area (Å²) in [6.07, 6.45) is 0. The van der Waals surface area contributed by atoms with E-state index in [2.05, 4.69) is 313 Å². The Morgan fingerprint density at radius 1 is 0.267 bits per heavy atom. The van der Waals surface area contributed by atoms with Crippen LogP contribution in [-0.4, -0.2) is 4.57 Å². The van der Waals surface area contributed by atoms with Crippen LogP contribution in [0.4, 0.5) is 17.1 Å². The standard InChI is InChI=1S/C73H50N2/c1-5-23-53(24-6-1)59-31-13-14-34-63(59)71-60(54-25-7-2-8-26-54)36-21-41-69(71)75(58-49-45-52(46-50-58)51-43-47-57(48-44-51)74-67-39-19-16-32-61(67)62-33-17-20-40-68(62)74)70-42-22-38-66-72(70)64-35-15-18-37-65(64)73(66,55-27-9-3-10-28-55)56-29-11-4-12-30-56/h1-50H. The third-order valence-corrected chi connectivity index (χ3v) is 15.5. The van der Waals surface area contributed by atoms with Crippen LogP contribution in [0.15, 0.2) is 303 Å². The number of aromatic nitrogens is 1. The van der Waals surface area contributed by atoms with E-state index in [4.69, 9.17) is 0 Å². The van der Waals surface area contributed by atoms with Gasteiger partial charge in [-0.25, -0.2) is 0 Å². The van der Waals surface area contributed by atoms with E-state index in [0.717, 1.165) is 50.6 Å². The third kappa shape index (κ3) is 7.17. The number of hydrogen-bond donors (Lipinski definition) is 0. The molecule has 0 fully saturated rings. The fourth-order valence-corrected chi connectivity index (χ4v) is 12.3. The molecule has 0 radical (unpaired) electrons. The fraction of sp³-hybridized carbons (Fsp3) is 0.0137. The summed E-state index contributed by atoms with van der Waals surface area (Å²) in [4.78, 5) is 2.54. The second kappa shape index (κ2) is 18.4. The molecule has 0 saturated carbocycles. The van der Waals surface area contributed by atoms with Crippen LogP contribution in [0.3, 0.4) is 0 Å². The summed E-state index contributed by atoms with van der Waals surface area (Å²) in [6, 6.07) is 111. The second-order valence-electron chi connectivity index (χ2n) is 19.5. The van der Waals surface area contributed by atoms with Crippen molar-refractivity contribution in [2.45, 2.75) is 5.41 Å². The molecule has 0 unspecified atom stereocenters. The summed E-state index contributed by atoms with van der Waals surface area (Å²) in [7, 11) is 0. The highest BCUT2D eigenvalue weighted by Crippen LogP contribution is 2.60. The second-order valence-corrected chi connectivity index (χ2v) is 19.5. The van der Waals surface area contributed by atoms with Gasteiger partial charge >= 0.3 is 0 Å². The quantitative estimate of drug-likeness (QED) is 0.133. The molecule has 0 amide bonds. The predicted molar refractivity (Wildman–Crippen MR) is 315 cm³/mol. The lowest BCUT2D eigenvalue weighted by Crippen LogP contribution is -2.28. The number of fused-ring (bicyclic) bond motifs is 6. The minimum Gasteiger partial charge on any atom is -0.309 e. The van der Waals surface area contributed by atoms with E-state index in [9.17, 15) is 0 Å². The molecule has 1 heterocycles. The first-order valence-electron chi connectivity index (χ1n) is 25.9. The highest BCUT2D eigenvalue weighted by molar-refractivity contribution is 6.09. The Labute approximate surface area is 438 Å². The van der Waals surface area contributed by atoms with Gasteiger partial charge in [0.15, 0.2) is 0 Å². The molecule has 1 aromatic heterocycles. The SMILES string of the molecule is c1ccc(-c2ccccc2-c2c(-c3ccccc3)cccc2N(c2ccc(-c3ccc(-n4c5ccccc5c5ccccc54)cc3)cc2)c2cccc3c2-c2ccccc2C3(c2ccccc2)c2ccccc2)cc1. The number of para-hydroxylation sites is 2. The van der Waals surface area contributed by atoms with Gasteiger partial charge in [0.25, 0.3) is 0 Å². The van der Waals surface area contributed by atoms with Crippen molar-refractivity contribution in [3.63, 3.8) is 0 Å². The van der Waals surface area contributed by atoms with Gasteiger partial charge in [0, 0.05) is 33.3 Å². The van der Waals surface area contributed by atoms with Crippen LogP contribution in [0.5, 0.6) is 0 Å². The summed E-state index contributed by atoms with van der Waals surface area (Å²) in [5.41, 5.74) is 23.0. The molecule has 75 heavy (non-hydrogen) atoms. The Hall–Kier alpha value is -9.76. The summed E-state index contributed by atoms with van der Waals surface area (Å²) in [5.74, 6) is 0. The van der Waals surface area contributed by atoms with E-state index in [-0.39, 0.29) is 0 Å². The first-order valence-corrected chi connectivity index (χ1v) is 25.9. The maximum absolute atomic E-state index is 2.54. The minimum absolute atomic E-state index is 0.569. The molecule has 0 saturated heterocycles. The van der Waals surface area contributed by atoms with Crippen molar-refractivity contribution in [2.75, 3.05) is 4.90 Å².